The van der Waals surface area contributed by atoms with Crippen LogP contribution in [0.3, 0.4) is 0 Å². The van der Waals surface area contributed by atoms with Crippen LogP contribution in [0.4, 0.5) is 16.2 Å². The minimum atomic E-state index is -0.537. The van der Waals surface area contributed by atoms with Crippen molar-refractivity contribution in [2.45, 2.75) is 26.4 Å². The predicted molar refractivity (Wildman–Crippen MR) is 143 cm³/mol. The summed E-state index contributed by atoms with van der Waals surface area (Å²) in [5.74, 6) is 0.0900. The van der Waals surface area contributed by atoms with Crippen LogP contribution in [0, 0.1) is 0 Å². The van der Waals surface area contributed by atoms with Gasteiger partial charge in [-0.05, 0) is 51.1 Å². The molecule has 0 unspecified atom stereocenters. The number of amides is 2. The zero-order chi connectivity index (χ0) is 26.0. The lowest BCUT2D eigenvalue weighted by molar-refractivity contribution is 0.0240. The first kappa shape index (κ1) is 24.6. The first-order valence-corrected chi connectivity index (χ1v) is 12.8. The van der Waals surface area contributed by atoms with Crippen molar-refractivity contribution in [2.75, 3.05) is 36.4 Å². The molecule has 10 nitrogen and oxygen atoms in total. The lowest BCUT2D eigenvalue weighted by Crippen LogP contribution is -2.50. The highest BCUT2D eigenvalue weighted by Gasteiger charge is 2.27. The van der Waals surface area contributed by atoms with Gasteiger partial charge in [-0.2, -0.15) is 0 Å². The summed E-state index contributed by atoms with van der Waals surface area (Å²) < 4.78 is 6.57. The van der Waals surface area contributed by atoms with Gasteiger partial charge in [0.25, 0.3) is 5.91 Å². The van der Waals surface area contributed by atoms with Crippen molar-refractivity contribution in [1.29, 1.82) is 0 Å². The molecular formula is C26H27N7O3S. The lowest BCUT2D eigenvalue weighted by Gasteiger charge is -2.37. The maximum Gasteiger partial charge on any atom is 0.410 e. The van der Waals surface area contributed by atoms with Crippen molar-refractivity contribution >= 4 is 44.9 Å². The van der Waals surface area contributed by atoms with E-state index in [0.29, 0.717) is 37.7 Å². The molecule has 190 valence electrons. The Morgan fingerprint density at radius 1 is 1.03 bits per heavy atom. The summed E-state index contributed by atoms with van der Waals surface area (Å²) in [5.41, 5.74) is 4.56. The van der Waals surface area contributed by atoms with Crippen molar-refractivity contribution in [2.24, 2.45) is 0 Å². The molecule has 1 aliphatic rings. The number of anilines is 2. The van der Waals surface area contributed by atoms with Crippen molar-refractivity contribution in [1.82, 2.24) is 24.8 Å². The van der Waals surface area contributed by atoms with E-state index in [1.54, 1.807) is 46.4 Å². The zero-order valence-electron chi connectivity index (χ0n) is 20.8. The fourth-order valence-electron chi connectivity index (χ4n) is 4.02. The van der Waals surface area contributed by atoms with Gasteiger partial charge in [-0.15, -0.1) is 11.3 Å². The van der Waals surface area contributed by atoms with Gasteiger partial charge in [0.2, 0.25) is 0 Å². The van der Waals surface area contributed by atoms with E-state index in [0.717, 1.165) is 21.5 Å². The number of thiazole rings is 1. The number of pyridine rings is 1. The van der Waals surface area contributed by atoms with Crippen molar-refractivity contribution in [3.8, 4) is 11.4 Å². The Kier molecular flexibility index (Phi) is 6.70. The summed E-state index contributed by atoms with van der Waals surface area (Å²) in [6, 6.07) is 9.25. The number of fused-ring (bicyclic) bond motifs is 1. The molecule has 0 bridgehead atoms. The molecule has 37 heavy (non-hydrogen) atoms. The van der Waals surface area contributed by atoms with Crippen LogP contribution in [0.25, 0.3) is 21.6 Å². The summed E-state index contributed by atoms with van der Waals surface area (Å²) in [4.78, 5) is 46.8. The molecule has 1 aromatic carbocycles. The molecule has 1 saturated heterocycles. The molecule has 2 amide bonds. The van der Waals surface area contributed by atoms with Gasteiger partial charge in [0.15, 0.2) is 5.82 Å². The highest BCUT2D eigenvalue weighted by Crippen LogP contribution is 2.27. The molecule has 0 atom stereocenters. The van der Waals surface area contributed by atoms with Gasteiger partial charge in [0.1, 0.15) is 11.3 Å². The van der Waals surface area contributed by atoms with Crippen molar-refractivity contribution in [3.05, 3.63) is 60.1 Å². The van der Waals surface area contributed by atoms with Crippen LogP contribution in [-0.4, -0.2) is 68.6 Å². The van der Waals surface area contributed by atoms with E-state index >= 15 is 0 Å². The average molecular weight is 518 g/mol. The molecule has 4 heterocycles. The minimum Gasteiger partial charge on any atom is -0.444 e. The van der Waals surface area contributed by atoms with Gasteiger partial charge in [-0.1, -0.05) is 0 Å². The quantitative estimate of drug-likeness (QED) is 0.422. The molecule has 0 spiro atoms. The molecule has 1 aliphatic heterocycles. The molecule has 0 radical (unpaired) electrons. The molecule has 0 aliphatic carbocycles. The van der Waals surface area contributed by atoms with Gasteiger partial charge in [-0.3, -0.25) is 9.78 Å². The van der Waals surface area contributed by atoms with Gasteiger partial charge >= 0.3 is 6.09 Å². The van der Waals surface area contributed by atoms with E-state index in [1.807, 2.05) is 45.0 Å². The second-order valence-corrected chi connectivity index (χ2v) is 10.5. The first-order valence-electron chi connectivity index (χ1n) is 11.9. The molecule has 0 saturated carbocycles. The maximum absolute atomic E-state index is 13.2. The van der Waals surface area contributed by atoms with Crippen LogP contribution in [0.2, 0.25) is 0 Å². The highest BCUT2D eigenvalue weighted by molar-refractivity contribution is 7.16. The minimum absolute atomic E-state index is 0.243. The van der Waals surface area contributed by atoms with E-state index in [1.165, 1.54) is 0 Å². The Hall–Kier alpha value is -4.12. The lowest BCUT2D eigenvalue weighted by atomic mass is 10.2. The number of nitrogens with one attached hydrogen (secondary N) is 1. The fourth-order valence-corrected chi connectivity index (χ4v) is 4.68. The fraction of sp³-hybridized carbons (Fsp3) is 0.308. The number of ether oxygens (including phenoxy) is 1. The molecule has 1 fully saturated rings. The number of aromatic nitrogens is 4. The topological polar surface area (TPSA) is 113 Å². The number of carbonyl (C=O) groups is 2. The highest BCUT2D eigenvalue weighted by atomic mass is 32.1. The third-order valence-corrected chi connectivity index (χ3v) is 6.61. The van der Waals surface area contributed by atoms with Crippen LogP contribution in [-0.2, 0) is 4.74 Å². The summed E-state index contributed by atoms with van der Waals surface area (Å²) in [7, 11) is 0. The van der Waals surface area contributed by atoms with Crippen molar-refractivity contribution < 1.29 is 14.3 Å². The average Bonchev–Trinajstić information content (AvgIpc) is 3.36. The second-order valence-electron chi connectivity index (χ2n) is 9.60. The van der Waals surface area contributed by atoms with E-state index < -0.39 is 5.60 Å². The Bertz CT molecular complexity index is 1440. The smallest absolute Gasteiger partial charge is 0.410 e. The van der Waals surface area contributed by atoms with E-state index in [2.05, 4.69) is 30.2 Å². The van der Waals surface area contributed by atoms with Gasteiger partial charge < -0.3 is 19.9 Å². The summed E-state index contributed by atoms with van der Waals surface area (Å²) in [6.45, 7) is 7.80. The number of piperazine rings is 1. The van der Waals surface area contributed by atoms with Gasteiger partial charge in [0, 0.05) is 44.1 Å². The van der Waals surface area contributed by atoms with Crippen LogP contribution < -0.4 is 10.2 Å². The third kappa shape index (κ3) is 5.67. The number of nitrogens with zero attached hydrogens (tertiary/aromatic N) is 6. The van der Waals surface area contributed by atoms with Gasteiger partial charge in [-0.25, -0.2) is 19.7 Å². The predicted octanol–water partition coefficient (Wildman–Crippen LogP) is 4.46. The summed E-state index contributed by atoms with van der Waals surface area (Å²) >= 11 is 1.57. The first-order chi connectivity index (χ1) is 17.8. The number of benzene rings is 1. The Balaban J connectivity index is 1.29. The Morgan fingerprint density at radius 2 is 1.84 bits per heavy atom. The Morgan fingerprint density at radius 3 is 2.62 bits per heavy atom. The number of hydrogen-bond acceptors (Lipinski definition) is 9. The maximum atomic E-state index is 13.2. The summed E-state index contributed by atoms with van der Waals surface area (Å²) in [5, 5.41) is 2.94. The normalized spacial score (nSPS) is 14.0. The number of rotatable bonds is 4. The third-order valence-electron chi connectivity index (χ3n) is 5.80. The number of hydrogen-bond donors (Lipinski definition) is 1. The molecular weight excluding hydrogens is 490 g/mol. The zero-order valence-corrected chi connectivity index (χ0v) is 21.7. The summed E-state index contributed by atoms with van der Waals surface area (Å²) in [6.07, 6.45) is 4.56. The van der Waals surface area contributed by atoms with Crippen LogP contribution in [0.1, 0.15) is 31.3 Å². The van der Waals surface area contributed by atoms with Crippen LogP contribution >= 0.6 is 11.3 Å². The van der Waals surface area contributed by atoms with E-state index in [9.17, 15) is 9.59 Å². The SMILES string of the molecule is CC(C)(C)OC(=O)N1CCN(c2ccncc2NC(=O)c2ccnc(-c3ccc4scnc4c3)n2)CC1. The van der Waals surface area contributed by atoms with Crippen LogP contribution in [0.5, 0.6) is 0 Å². The van der Waals surface area contributed by atoms with Gasteiger partial charge in [0.05, 0.1) is 33.3 Å². The number of carbonyl (C=O) groups excluding carboxylic acids is 2. The Labute approximate surface area is 218 Å². The largest absolute Gasteiger partial charge is 0.444 e. The van der Waals surface area contributed by atoms with Crippen molar-refractivity contribution in [3.63, 3.8) is 0 Å². The molecule has 4 aromatic rings. The standard InChI is InChI=1S/C26H27N7O3S/c1-26(2,3)36-25(35)33-12-10-32(11-13-33)21-7-8-27-15-20(21)31-24(34)18-6-9-28-23(30-18)17-4-5-22-19(14-17)29-16-37-22/h4-9,14-16H,10-13H2,1-3H3,(H,31,34). The molecule has 11 heteroatoms. The molecule has 1 N–H and O–H groups in total. The monoisotopic (exact) mass is 517 g/mol. The second kappa shape index (κ2) is 10.1. The van der Waals surface area contributed by atoms with Crippen LogP contribution in [0.15, 0.2) is 54.4 Å². The molecule has 3 aromatic heterocycles. The van der Waals surface area contributed by atoms with E-state index in [-0.39, 0.29) is 17.7 Å². The van der Waals surface area contributed by atoms with E-state index in [4.69, 9.17) is 4.74 Å². The molecule has 5 rings (SSSR count).